The summed E-state index contributed by atoms with van der Waals surface area (Å²) in [5, 5.41) is 7.91. The van der Waals surface area contributed by atoms with Crippen molar-refractivity contribution in [3.05, 3.63) is 59.9 Å². The number of anilines is 1. The van der Waals surface area contributed by atoms with Gasteiger partial charge >= 0.3 is 6.03 Å². The molecule has 0 unspecified atom stereocenters. The molecule has 0 aliphatic heterocycles. The lowest BCUT2D eigenvalue weighted by atomic mass is 10.2. The number of ether oxygens (including phenoxy) is 1. The fourth-order valence-corrected chi connectivity index (χ4v) is 2.02. The number of carbonyl (C=O) groups excluding carboxylic acids is 2. The third-order valence-electron chi connectivity index (χ3n) is 3.32. The van der Waals surface area contributed by atoms with Gasteiger partial charge in [-0.25, -0.2) is 9.18 Å². The van der Waals surface area contributed by atoms with E-state index in [-0.39, 0.29) is 17.8 Å². The van der Waals surface area contributed by atoms with Crippen molar-refractivity contribution in [2.45, 2.75) is 6.42 Å². The predicted octanol–water partition coefficient (Wildman–Crippen LogP) is 2.78. The second-order valence-corrected chi connectivity index (χ2v) is 5.19. The summed E-state index contributed by atoms with van der Waals surface area (Å²) < 4.78 is 18.2. The minimum atomic E-state index is -0.338. The molecule has 0 atom stereocenters. The van der Waals surface area contributed by atoms with Crippen LogP contribution in [0.1, 0.15) is 16.8 Å². The van der Waals surface area contributed by atoms with Gasteiger partial charge in [-0.05, 0) is 55.0 Å². The number of halogens is 1. The summed E-state index contributed by atoms with van der Waals surface area (Å²) in [4.78, 5) is 23.2. The van der Waals surface area contributed by atoms with Crippen LogP contribution in [0, 0.1) is 5.82 Å². The van der Waals surface area contributed by atoms with Gasteiger partial charge in [0.25, 0.3) is 5.91 Å². The first-order valence-corrected chi connectivity index (χ1v) is 7.84. The van der Waals surface area contributed by atoms with E-state index < -0.39 is 0 Å². The van der Waals surface area contributed by atoms with Crippen LogP contribution in [0.4, 0.5) is 14.9 Å². The van der Waals surface area contributed by atoms with Gasteiger partial charge in [0.15, 0.2) is 0 Å². The summed E-state index contributed by atoms with van der Waals surface area (Å²) in [5.41, 5.74) is 1.11. The van der Waals surface area contributed by atoms with Crippen LogP contribution in [0.2, 0.25) is 0 Å². The molecule has 25 heavy (non-hydrogen) atoms. The van der Waals surface area contributed by atoms with Gasteiger partial charge in [0.05, 0.1) is 6.61 Å². The molecule has 2 aromatic rings. The topological polar surface area (TPSA) is 79.5 Å². The summed E-state index contributed by atoms with van der Waals surface area (Å²) >= 11 is 0. The van der Waals surface area contributed by atoms with Gasteiger partial charge in [-0.1, -0.05) is 0 Å². The molecule has 0 bridgehead atoms. The van der Waals surface area contributed by atoms with Gasteiger partial charge in [-0.3, -0.25) is 4.79 Å². The number of benzene rings is 2. The molecule has 0 fully saturated rings. The van der Waals surface area contributed by atoms with Gasteiger partial charge in [-0.15, -0.1) is 0 Å². The van der Waals surface area contributed by atoms with Crippen molar-refractivity contribution in [3.8, 4) is 5.75 Å². The molecule has 3 amide bonds. The summed E-state index contributed by atoms with van der Waals surface area (Å²) in [6, 6.07) is 12.0. The monoisotopic (exact) mass is 345 g/mol. The van der Waals surface area contributed by atoms with Crippen molar-refractivity contribution in [3.63, 3.8) is 0 Å². The molecule has 2 rings (SSSR count). The van der Waals surface area contributed by atoms with Crippen molar-refractivity contribution in [1.29, 1.82) is 0 Å². The van der Waals surface area contributed by atoms with E-state index in [1.807, 2.05) is 0 Å². The van der Waals surface area contributed by atoms with Crippen LogP contribution in [-0.2, 0) is 0 Å². The van der Waals surface area contributed by atoms with E-state index in [1.165, 1.54) is 12.1 Å². The lowest BCUT2D eigenvalue weighted by Gasteiger charge is -2.09. The minimum absolute atomic E-state index is 0.183. The van der Waals surface area contributed by atoms with Gasteiger partial charge in [0.1, 0.15) is 11.6 Å². The van der Waals surface area contributed by atoms with Crippen LogP contribution in [0.25, 0.3) is 0 Å². The molecule has 0 saturated carbocycles. The van der Waals surface area contributed by atoms with Crippen molar-refractivity contribution in [1.82, 2.24) is 10.6 Å². The second kappa shape index (κ2) is 9.27. The fourth-order valence-electron chi connectivity index (χ4n) is 2.02. The van der Waals surface area contributed by atoms with Crippen molar-refractivity contribution >= 4 is 17.6 Å². The zero-order chi connectivity index (χ0) is 18.1. The van der Waals surface area contributed by atoms with Crippen LogP contribution < -0.4 is 20.7 Å². The van der Waals surface area contributed by atoms with Gasteiger partial charge in [0, 0.05) is 24.8 Å². The maximum Gasteiger partial charge on any atom is 0.319 e. The maximum absolute atomic E-state index is 12.7. The summed E-state index contributed by atoms with van der Waals surface area (Å²) in [6.07, 6.45) is 0.612. The molecular formula is C18H20FN3O3. The molecule has 0 heterocycles. The van der Waals surface area contributed by atoms with Crippen LogP contribution >= 0.6 is 0 Å². The molecule has 3 N–H and O–H groups in total. The third kappa shape index (κ3) is 6.14. The quantitative estimate of drug-likeness (QED) is 0.675. The molecule has 0 radical (unpaired) electrons. The smallest absolute Gasteiger partial charge is 0.319 e. The molecule has 0 spiro atoms. The lowest BCUT2D eigenvalue weighted by Crippen LogP contribution is -2.30. The SMILES string of the molecule is CNC(=O)c1ccc(NC(=O)NCCCOc2ccc(F)cc2)cc1. The van der Waals surface area contributed by atoms with Gasteiger partial charge in [-0.2, -0.15) is 0 Å². The first-order valence-electron chi connectivity index (χ1n) is 7.84. The van der Waals surface area contributed by atoms with E-state index in [1.54, 1.807) is 43.4 Å². The van der Waals surface area contributed by atoms with Crippen LogP contribution in [-0.4, -0.2) is 32.1 Å². The van der Waals surface area contributed by atoms with Crippen molar-refractivity contribution < 1.29 is 18.7 Å². The summed E-state index contributed by atoms with van der Waals surface area (Å²) in [7, 11) is 1.56. The van der Waals surface area contributed by atoms with Crippen LogP contribution in [0.15, 0.2) is 48.5 Å². The summed E-state index contributed by atoms with van der Waals surface area (Å²) in [5.74, 6) is 0.0910. The summed E-state index contributed by atoms with van der Waals surface area (Å²) in [6.45, 7) is 0.843. The molecule has 0 aliphatic carbocycles. The first-order chi connectivity index (χ1) is 12.1. The average Bonchev–Trinajstić information content (AvgIpc) is 2.63. The molecule has 0 aromatic heterocycles. The van der Waals surface area contributed by atoms with Crippen molar-refractivity contribution in [2.24, 2.45) is 0 Å². The van der Waals surface area contributed by atoms with E-state index in [9.17, 15) is 14.0 Å². The molecule has 2 aromatic carbocycles. The molecule has 0 aliphatic rings. The molecule has 0 saturated heterocycles. The highest BCUT2D eigenvalue weighted by atomic mass is 19.1. The number of amides is 3. The zero-order valence-corrected chi connectivity index (χ0v) is 13.8. The van der Waals surface area contributed by atoms with Crippen LogP contribution in [0.3, 0.4) is 0 Å². The Bertz CT molecular complexity index is 703. The Kier molecular flexibility index (Phi) is 6.76. The number of carbonyl (C=O) groups is 2. The molecule has 132 valence electrons. The Balaban J connectivity index is 1.65. The van der Waals surface area contributed by atoms with E-state index in [4.69, 9.17) is 4.74 Å². The Labute approximate surface area is 145 Å². The van der Waals surface area contributed by atoms with E-state index in [0.29, 0.717) is 36.6 Å². The maximum atomic E-state index is 12.7. The third-order valence-corrected chi connectivity index (χ3v) is 3.32. The number of urea groups is 1. The Morgan fingerprint density at radius 3 is 2.36 bits per heavy atom. The number of nitrogens with one attached hydrogen (secondary N) is 3. The Morgan fingerprint density at radius 1 is 1.04 bits per heavy atom. The number of hydrogen-bond acceptors (Lipinski definition) is 3. The van der Waals surface area contributed by atoms with Crippen molar-refractivity contribution in [2.75, 3.05) is 25.5 Å². The molecule has 6 nitrogen and oxygen atoms in total. The second-order valence-electron chi connectivity index (χ2n) is 5.19. The average molecular weight is 345 g/mol. The highest BCUT2D eigenvalue weighted by Crippen LogP contribution is 2.11. The standard InChI is InChI=1S/C18H20FN3O3/c1-20-17(23)13-3-7-15(8-4-13)22-18(24)21-11-2-12-25-16-9-5-14(19)6-10-16/h3-10H,2,11-12H2,1H3,(H,20,23)(H2,21,22,24). The Morgan fingerprint density at radius 2 is 1.72 bits per heavy atom. The largest absolute Gasteiger partial charge is 0.494 e. The van der Waals surface area contributed by atoms with E-state index >= 15 is 0 Å². The highest BCUT2D eigenvalue weighted by molar-refractivity contribution is 5.95. The molecular weight excluding hydrogens is 325 g/mol. The van der Waals surface area contributed by atoms with E-state index in [2.05, 4.69) is 16.0 Å². The van der Waals surface area contributed by atoms with E-state index in [0.717, 1.165) is 0 Å². The minimum Gasteiger partial charge on any atom is -0.494 e. The first kappa shape index (κ1) is 18.3. The zero-order valence-electron chi connectivity index (χ0n) is 13.8. The number of rotatable bonds is 7. The van der Waals surface area contributed by atoms with Gasteiger partial charge < -0.3 is 20.7 Å². The lowest BCUT2D eigenvalue weighted by molar-refractivity contribution is 0.0963. The Hall–Kier alpha value is -3.09. The van der Waals surface area contributed by atoms with Crippen LogP contribution in [0.5, 0.6) is 5.75 Å². The van der Waals surface area contributed by atoms with Gasteiger partial charge in [0.2, 0.25) is 0 Å². The normalized spacial score (nSPS) is 10.0. The molecule has 7 heteroatoms. The number of hydrogen-bond donors (Lipinski definition) is 3. The highest BCUT2D eigenvalue weighted by Gasteiger charge is 2.04. The predicted molar refractivity (Wildman–Crippen MR) is 93.4 cm³/mol. The fraction of sp³-hybridized carbons (Fsp3) is 0.222.